The number of hydrogen-bond acceptors (Lipinski definition) is 4. The first-order valence-electron chi connectivity index (χ1n) is 6.71. The number of benzene rings is 2. The lowest BCUT2D eigenvalue weighted by Crippen LogP contribution is -2.14. The Kier molecular flexibility index (Phi) is 3.80. The average molecular weight is 314 g/mol. The van der Waals surface area contributed by atoms with E-state index in [0.29, 0.717) is 11.3 Å². The normalized spacial score (nSPS) is 10.7. The van der Waals surface area contributed by atoms with Crippen LogP contribution in [0.4, 0.5) is 4.39 Å². The number of halogens is 1. The van der Waals surface area contributed by atoms with E-state index in [9.17, 15) is 14.0 Å². The lowest BCUT2D eigenvalue weighted by Gasteiger charge is -2.07. The van der Waals surface area contributed by atoms with Crippen LogP contribution >= 0.6 is 0 Å². The van der Waals surface area contributed by atoms with E-state index >= 15 is 0 Å². The molecule has 0 aliphatic heterocycles. The molecule has 1 aromatic heterocycles. The van der Waals surface area contributed by atoms with Crippen LogP contribution in [-0.4, -0.2) is 11.1 Å². The van der Waals surface area contributed by atoms with Crippen molar-refractivity contribution in [2.24, 2.45) is 0 Å². The van der Waals surface area contributed by atoms with Gasteiger partial charge in [-0.3, -0.25) is 4.79 Å². The summed E-state index contributed by atoms with van der Waals surface area (Å²) in [5, 5.41) is 9.05. The summed E-state index contributed by atoms with van der Waals surface area (Å²) in [5.74, 6) is -1.27. The van der Waals surface area contributed by atoms with Crippen molar-refractivity contribution in [3.05, 3.63) is 75.9 Å². The predicted octanol–water partition coefficient (Wildman–Crippen LogP) is 3.21. The van der Waals surface area contributed by atoms with Crippen LogP contribution in [0.2, 0.25) is 0 Å². The van der Waals surface area contributed by atoms with Crippen LogP contribution in [0.5, 0.6) is 5.75 Å². The molecule has 0 aliphatic carbocycles. The van der Waals surface area contributed by atoms with Gasteiger partial charge >= 0.3 is 5.97 Å². The first-order valence-corrected chi connectivity index (χ1v) is 6.71. The van der Waals surface area contributed by atoms with Gasteiger partial charge in [-0.15, -0.1) is 0 Å². The molecule has 23 heavy (non-hydrogen) atoms. The second-order valence-corrected chi connectivity index (χ2v) is 4.86. The van der Waals surface area contributed by atoms with Crippen LogP contribution in [0.25, 0.3) is 11.0 Å². The van der Waals surface area contributed by atoms with Crippen LogP contribution in [0.3, 0.4) is 0 Å². The van der Waals surface area contributed by atoms with Gasteiger partial charge < -0.3 is 14.3 Å². The van der Waals surface area contributed by atoms with Gasteiger partial charge in [-0.1, -0.05) is 12.1 Å². The lowest BCUT2D eigenvalue weighted by atomic mass is 10.1. The summed E-state index contributed by atoms with van der Waals surface area (Å²) in [6.45, 7) is 0.153. The number of rotatable bonds is 4. The van der Waals surface area contributed by atoms with Crippen molar-refractivity contribution in [1.82, 2.24) is 0 Å². The van der Waals surface area contributed by atoms with Crippen molar-refractivity contribution in [3.63, 3.8) is 0 Å². The third-order valence-electron chi connectivity index (χ3n) is 3.27. The van der Waals surface area contributed by atoms with E-state index in [2.05, 4.69) is 0 Å². The Morgan fingerprint density at radius 2 is 2.04 bits per heavy atom. The minimum Gasteiger partial charge on any atom is -0.489 e. The number of ether oxygens (including phenoxy) is 1. The maximum absolute atomic E-state index is 13.1. The Morgan fingerprint density at radius 3 is 2.78 bits per heavy atom. The molecule has 0 aliphatic rings. The quantitative estimate of drug-likeness (QED) is 0.800. The van der Waals surface area contributed by atoms with E-state index in [-0.39, 0.29) is 23.4 Å². The molecule has 0 fully saturated rings. The zero-order chi connectivity index (χ0) is 16.4. The molecular weight excluding hydrogens is 303 g/mol. The highest BCUT2D eigenvalue weighted by Crippen LogP contribution is 2.20. The summed E-state index contributed by atoms with van der Waals surface area (Å²) in [6.07, 6.45) is 0.906. The molecule has 0 saturated carbocycles. The molecule has 0 saturated heterocycles. The van der Waals surface area contributed by atoms with Gasteiger partial charge in [-0.2, -0.15) is 0 Å². The molecule has 5 nitrogen and oxygen atoms in total. The number of carboxylic acids is 1. The van der Waals surface area contributed by atoms with Crippen molar-refractivity contribution < 1.29 is 23.4 Å². The number of carbonyl (C=O) groups is 1. The third kappa shape index (κ3) is 3.06. The molecule has 0 bridgehead atoms. The van der Waals surface area contributed by atoms with Crippen LogP contribution in [0.15, 0.2) is 57.9 Å². The molecule has 3 aromatic rings. The van der Waals surface area contributed by atoms with Crippen LogP contribution in [-0.2, 0) is 6.61 Å². The maximum Gasteiger partial charge on any atom is 0.342 e. The minimum atomic E-state index is -1.34. The largest absolute Gasteiger partial charge is 0.489 e. The molecule has 1 N–H and O–H groups in total. The molecule has 0 spiro atoms. The van der Waals surface area contributed by atoms with Crippen molar-refractivity contribution in [3.8, 4) is 5.75 Å². The second-order valence-electron chi connectivity index (χ2n) is 4.86. The molecule has 116 valence electrons. The van der Waals surface area contributed by atoms with Crippen molar-refractivity contribution >= 4 is 16.9 Å². The Bertz CT molecular complexity index is 945. The van der Waals surface area contributed by atoms with E-state index in [4.69, 9.17) is 14.3 Å². The summed E-state index contributed by atoms with van der Waals surface area (Å²) in [4.78, 5) is 22.9. The Labute approximate surface area is 129 Å². The van der Waals surface area contributed by atoms with Crippen molar-refractivity contribution in [1.29, 1.82) is 0 Å². The molecule has 2 aromatic carbocycles. The number of carboxylic acid groups (broad SMARTS) is 1. The minimum absolute atomic E-state index is 0.153. The van der Waals surface area contributed by atoms with Gasteiger partial charge in [-0.05, 0) is 29.8 Å². The smallest absolute Gasteiger partial charge is 0.342 e. The molecule has 3 rings (SSSR count). The highest BCUT2D eigenvalue weighted by molar-refractivity contribution is 5.91. The van der Waals surface area contributed by atoms with E-state index in [1.54, 1.807) is 12.1 Å². The number of aromatic carboxylic acids is 1. The van der Waals surface area contributed by atoms with E-state index in [1.807, 2.05) is 0 Å². The summed E-state index contributed by atoms with van der Waals surface area (Å²) in [7, 11) is 0. The van der Waals surface area contributed by atoms with Crippen LogP contribution in [0.1, 0.15) is 15.9 Å². The zero-order valence-corrected chi connectivity index (χ0v) is 11.8. The summed E-state index contributed by atoms with van der Waals surface area (Å²) >= 11 is 0. The summed E-state index contributed by atoms with van der Waals surface area (Å²) in [6, 6.07) is 10.5. The van der Waals surface area contributed by atoms with E-state index < -0.39 is 17.0 Å². The van der Waals surface area contributed by atoms with E-state index in [0.717, 1.165) is 6.26 Å². The highest BCUT2D eigenvalue weighted by atomic mass is 19.1. The fourth-order valence-corrected chi connectivity index (χ4v) is 2.14. The first kappa shape index (κ1) is 14.8. The molecule has 0 radical (unpaired) electrons. The first-order chi connectivity index (χ1) is 11.0. The average Bonchev–Trinajstić information content (AvgIpc) is 2.53. The Morgan fingerprint density at radius 1 is 1.22 bits per heavy atom. The summed E-state index contributed by atoms with van der Waals surface area (Å²) < 4.78 is 23.8. The molecule has 0 unspecified atom stereocenters. The topological polar surface area (TPSA) is 76.7 Å². The molecule has 0 amide bonds. The highest BCUT2D eigenvalue weighted by Gasteiger charge is 2.13. The van der Waals surface area contributed by atoms with Gasteiger partial charge in [0, 0.05) is 6.07 Å². The second kappa shape index (κ2) is 5.92. The van der Waals surface area contributed by atoms with Crippen molar-refractivity contribution in [2.45, 2.75) is 6.61 Å². The third-order valence-corrected chi connectivity index (χ3v) is 3.27. The maximum atomic E-state index is 13.1. The van der Waals surface area contributed by atoms with Gasteiger partial charge in [0.25, 0.3) is 0 Å². The number of fused-ring (bicyclic) bond motifs is 1. The monoisotopic (exact) mass is 314 g/mol. The number of hydrogen-bond donors (Lipinski definition) is 1. The lowest BCUT2D eigenvalue weighted by molar-refractivity contribution is 0.0693. The van der Waals surface area contributed by atoms with Gasteiger partial charge in [0.15, 0.2) is 0 Å². The molecule has 0 atom stereocenters. The van der Waals surface area contributed by atoms with Crippen molar-refractivity contribution in [2.75, 3.05) is 0 Å². The standard InChI is InChI=1S/C17H11FO5/c18-11-3-1-2-10(6-11)8-22-12-4-5-13-15(7-12)23-9-14(16(13)19)17(20)21/h1-7,9H,8H2,(H,20,21). The predicted molar refractivity (Wildman–Crippen MR) is 80.2 cm³/mol. The van der Waals surface area contributed by atoms with Crippen LogP contribution < -0.4 is 10.2 Å². The Hall–Kier alpha value is -3.15. The van der Waals surface area contributed by atoms with Gasteiger partial charge in [-0.25, -0.2) is 9.18 Å². The van der Waals surface area contributed by atoms with Crippen LogP contribution in [0, 0.1) is 5.82 Å². The Balaban J connectivity index is 1.87. The van der Waals surface area contributed by atoms with E-state index in [1.165, 1.54) is 30.3 Å². The molecular formula is C17H11FO5. The SMILES string of the molecule is O=C(O)c1coc2cc(OCc3cccc(F)c3)ccc2c1=O. The fourth-order valence-electron chi connectivity index (χ4n) is 2.14. The molecule has 1 heterocycles. The fraction of sp³-hybridized carbons (Fsp3) is 0.0588. The zero-order valence-electron chi connectivity index (χ0n) is 11.8. The van der Waals surface area contributed by atoms with Gasteiger partial charge in [0.1, 0.15) is 35.6 Å². The molecule has 6 heteroatoms. The van der Waals surface area contributed by atoms with Gasteiger partial charge in [0.2, 0.25) is 5.43 Å². The van der Waals surface area contributed by atoms with Gasteiger partial charge in [0.05, 0.1) is 5.39 Å². The summed E-state index contributed by atoms with van der Waals surface area (Å²) in [5.41, 5.74) is -0.161.